The second-order valence-corrected chi connectivity index (χ2v) is 4.48. The Morgan fingerprint density at radius 3 is 1.23 bits per heavy atom. The maximum absolute atomic E-state index is 7.31. The van der Waals surface area contributed by atoms with Gasteiger partial charge in [0.15, 0.2) is 0 Å². The zero-order valence-electron chi connectivity index (χ0n) is 11.8. The van der Waals surface area contributed by atoms with Gasteiger partial charge in [-0.2, -0.15) is 0 Å². The van der Waals surface area contributed by atoms with Gasteiger partial charge >= 0.3 is 0 Å². The molecule has 0 spiro atoms. The van der Waals surface area contributed by atoms with Gasteiger partial charge in [0, 0.05) is 22.3 Å². The van der Waals surface area contributed by atoms with Crippen LogP contribution in [-0.2, 0) is 0 Å². The minimum atomic E-state index is 0.0355. The average molecular weight is 286 g/mol. The lowest BCUT2D eigenvalue weighted by atomic mass is 10.1. The van der Waals surface area contributed by atoms with Crippen LogP contribution >= 0.6 is 0 Å². The molecule has 2 rings (SSSR count). The van der Waals surface area contributed by atoms with Gasteiger partial charge in [-0.1, -0.05) is 36.1 Å². The second-order valence-electron chi connectivity index (χ2n) is 4.48. The summed E-state index contributed by atoms with van der Waals surface area (Å²) in [6.07, 6.45) is 0. The molecule has 0 unspecified atom stereocenters. The van der Waals surface area contributed by atoms with Gasteiger partial charge in [0.1, 0.15) is 11.7 Å². The molecule has 4 nitrogen and oxygen atoms in total. The van der Waals surface area contributed by atoms with Gasteiger partial charge in [0.05, 0.1) is 0 Å². The SMILES string of the molecule is N=C(N)c1ccc(C#CC#Cc2ccc(C(=N)N)cc2)cc1. The fourth-order valence-electron chi connectivity index (χ4n) is 1.67. The number of nitrogen functional groups attached to an aromatic ring is 2. The van der Waals surface area contributed by atoms with Crippen molar-refractivity contribution in [1.82, 2.24) is 0 Å². The number of rotatable bonds is 2. The highest BCUT2D eigenvalue weighted by atomic mass is 14.7. The molecule has 2 aromatic carbocycles. The van der Waals surface area contributed by atoms with Crippen LogP contribution in [0.25, 0.3) is 0 Å². The lowest BCUT2D eigenvalue weighted by Gasteiger charge is -1.96. The van der Waals surface area contributed by atoms with Gasteiger partial charge in [-0.05, 0) is 36.1 Å². The Balaban J connectivity index is 2.07. The molecule has 0 fully saturated rings. The van der Waals surface area contributed by atoms with E-state index in [1.807, 2.05) is 0 Å². The van der Waals surface area contributed by atoms with Crippen molar-refractivity contribution in [2.45, 2.75) is 0 Å². The van der Waals surface area contributed by atoms with E-state index < -0.39 is 0 Å². The van der Waals surface area contributed by atoms with Gasteiger partial charge in [-0.25, -0.2) is 0 Å². The third-order valence-electron chi connectivity index (χ3n) is 2.87. The lowest BCUT2D eigenvalue weighted by molar-refractivity contribution is 1.42. The molecule has 0 saturated heterocycles. The summed E-state index contributed by atoms with van der Waals surface area (Å²) in [6, 6.07) is 14.2. The molecule has 6 N–H and O–H groups in total. The van der Waals surface area contributed by atoms with E-state index in [4.69, 9.17) is 22.3 Å². The predicted octanol–water partition coefficient (Wildman–Crippen LogP) is 1.66. The number of hydrogen-bond donors (Lipinski definition) is 4. The first-order chi connectivity index (χ1) is 10.6. The predicted molar refractivity (Wildman–Crippen MR) is 88.7 cm³/mol. The molecule has 4 heteroatoms. The van der Waals surface area contributed by atoms with Crippen molar-refractivity contribution in [2.75, 3.05) is 0 Å². The van der Waals surface area contributed by atoms with Gasteiger partial charge in [0.2, 0.25) is 0 Å². The molecule has 0 radical (unpaired) electrons. The van der Waals surface area contributed by atoms with Crippen LogP contribution in [0.4, 0.5) is 0 Å². The van der Waals surface area contributed by atoms with Crippen molar-refractivity contribution in [3.05, 3.63) is 70.8 Å². The second kappa shape index (κ2) is 6.78. The van der Waals surface area contributed by atoms with Crippen LogP contribution in [0, 0.1) is 34.5 Å². The number of hydrogen-bond acceptors (Lipinski definition) is 2. The maximum atomic E-state index is 7.31. The van der Waals surface area contributed by atoms with Crippen LogP contribution < -0.4 is 11.5 Å². The van der Waals surface area contributed by atoms with Crippen LogP contribution in [0.2, 0.25) is 0 Å². The Morgan fingerprint density at radius 2 is 0.955 bits per heavy atom. The van der Waals surface area contributed by atoms with Crippen LogP contribution in [0.3, 0.4) is 0 Å². The van der Waals surface area contributed by atoms with Gasteiger partial charge in [-0.3, -0.25) is 10.8 Å². The summed E-state index contributed by atoms with van der Waals surface area (Å²) in [7, 11) is 0. The van der Waals surface area contributed by atoms with Crippen molar-refractivity contribution in [1.29, 1.82) is 10.8 Å². The van der Waals surface area contributed by atoms with E-state index in [0.29, 0.717) is 11.1 Å². The van der Waals surface area contributed by atoms with E-state index in [1.165, 1.54) is 0 Å². The third kappa shape index (κ3) is 4.00. The monoisotopic (exact) mass is 286 g/mol. The summed E-state index contributed by atoms with van der Waals surface area (Å²) in [5, 5.41) is 14.6. The first kappa shape index (κ1) is 14.9. The number of benzene rings is 2. The largest absolute Gasteiger partial charge is 0.384 e. The van der Waals surface area contributed by atoms with E-state index in [2.05, 4.69) is 23.7 Å². The highest BCUT2D eigenvalue weighted by Gasteiger charge is 1.95. The normalized spacial score (nSPS) is 8.91. The third-order valence-corrected chi connectivity index (χ3v) is 2.87. The van der Waals surface area contributed by atoms with Crippen LogP contribution in [0.1, 0.15) is 22.3 Å². The Bertz CT molecular complexity index is 750. The first-order valence-electron chi connectivity index (χ1n) is 6.47. The van der Waals surface area contributed by atoms with Gasteiger partial charge < -0.3 is 11.5 Å². The quantitative estimate of drug-likeness (QED) is 0.383. The maximum Gasteiger partial charge on any atom is 0.122 e. The minimum Gasteiger partial charge on any atom is -0.384 e. The first-order valence-corrected chi connectivity index (χ1v) is 6.47. The molecule has 106 valence electrons. The smallest absolute Gasteiger partial charge is 0.122 e. The fourth-order valence-corrected chi connectivity index (χ4v) is 1.67. The number of amidine groups is 2. The van der Waals surface area contributed by atoms with Crippen molar-refractivity contribution >= 4 is 11.7 Å². The molecule has 0 bridgehead atoms. The molecule has 0 aliphatic carbocycles. The summed E-state index contributed by atoms with van der Waals surface area (Å²) >= 11 is 0. The van der Waals surface area contributed by atoms with Crippen molar-refractivity contribution < 1.29 is 0 Å². The van der Waals surface area contributed by atoms with E-state index in [-0.39, 0.29) is 11.7 Å². The summed E-state index contributed by atoms with van der Waals surface area (Å²) in [4.78, 5) is 0. The standard InChI is InChI=1S/C18H14N4/c19-17(20)15-9-5-13(6-10-15)3-1-2-4-14-7-11-16(12-8-14)18(21)22/h5-12H,(H3,19,20)(H3,21,22). The van der Waals surface area contributed by atoms with E-state index in [9.17, 15) is 0 Å². The molecule has 0 aromatic heterocycles. The lowest BCUT2D eigenvalue weighted by Crippen LogP contribution is -2.10. The Kier molecular flexibility index (Phi) is 4.59. The van der Waals surface area contributed by atoms with E-state index in [1.54, 1.807) is 48.5 Å². The Morgan fingerprint density at radius 1 is 0.636 bits per heavy atom. The molecule has 0 aliphatic rings. The van der Waals surface area contributed by atoms with Crippen molar-refractivity contribution in [3.63, 3.8) is 0 Å². The highest BCUT2D eigenvalue weighted by molar-refractivity contribution is 5.95. The van der Waals surface area contributed by atoms with Gasteiger partial charge in [-0.15, -0.1) is 0 Å². The Labute approximate surface area is 129 Å². The molecule has 22 heavy (non-hydrogen) atoms. The molecule has 0 aliphatic heterocycles. The Hall–Kier alpha value is -3.50. The molecule has 0 saturated carbocycles. The molecule has 0 amide bonds. The summed E-state index contributed by atoms with van der Waals surface area (Å²) in [6.45, 7) is 0. The zero-order chi connectivity index (χ0) is 15.9. The summed E-state index contributed by atoms with van der Waals surface area (Å²) in [5.41, 5.74) is 13.7. The van der Waals surface area contributed by atoms with Gasteiger partial charge in [0.25, 0.3) is 0 Å². The number of nitrogens with two attached hydrogens (primary N) is 2. The van der Waals surface area contributed by atoms with Crippen LogP contribution in [0.15, 0.2) is 48.5 Å². The summed E-state index contributed by atoms with van der Waals surface area (Å²) in [5.74, 6) is 11.5. The van der Waals surface area contributed by atoms with Crippen molar-refractivity contribution in [3.8, 4) is 23.7 Å². The average Bonchev–Trinajstić information content (AvgIpc) is 2.52. The van der Waals surface area contributed by atoms with E-state index in [0.717, 1.165) is 11.1 Å². The summed E-state index contributed by atoms with van der Waals surface area (Å²) < 4.78 is 0. The van der Waals surface area contributed by atoms with Crippen LogP contribution in [-0.4, -0.2) is 11.7 Å². The molecule has 0 heterocycles. The molecular weight excluding hydrogens is 272 g/mol. The van der Waals surface area contributed by atoms with E-state index >= 15 is 0 Å². The number of nitrogens with one attached hydrogen (secondary N) is 2. The fraction of sp³-hybridized carbons (Fsp3) is 0. The zero-order valence-corrected chi connectivity index (χ0v) is 11.8. The minimum absolute atomic E-state index is 0.0355. The van der Waals surface area contributed by atoms with Crippen molar-refractivity contribution in [2.24, 2.45) is 11.5 Å². The van der Waals surface area contributed by atoms with Crippen LogP contribution in [0.5, 0.6) is 0 Å². The molecule has 0 atom stereocenters. The highest BCUT2D eigenvalue weighted by Crippen LogP contribution is 2.03. The molecule has 2 aromatic rings. The topological polar surface area (TPSA) is 99.7 Å². The molecular formula is C18H14N4.